The fourth-order valence-electron chi connectivity index (χ4n) is 1.47. The van der Waals surface area contributed by atoms with E-state index in [0.29, 0.717) is 17.0 Å². The van der Waals surface area contributed by atoms with E-state index in [4.69, 9.17) is 30.4 Å². The van der Waals surface area contributed by atoms with Crippen LogP contribution >= 0.6 is 0 Å². The van der Waals surface area contributed by atoms with Crippen molar-refractivity contribution in [3.63, 3.8) is 0 Å². The van der Waals surface area contributed by atoms with Crippen molar-refractivity contribution >= 4 is 53.0 Å². The van der Waals surface area contributed by atoms with E-state index >= 15 is 0 Å². The van der Waals surface area contributed by atoms with Gasteiger partial charge in [0, 0.05) is 19.7 Å². The van der Waals surface area contributed by atoms with Crippen LogP contribution in [0.25, 0.3) is 0 Å². The monoisotopic (exact) mass is 427 g/mol. The predicted octanol–water partition coefficient (Wildman–Crippen LogP) is 0.707. The summed E-state index contributed by atoms with van der Waals surface area (Å²) in [6.45, 7) is 1.68. The maximum atomic E-state index is 10.9. The summed E-state index contributed by atoms with van der Waals surface area (Å²) in [6, 6.07) is 6.14. The van der Waals surface area contributed by atoms with Gasteiger partial charge < -0.3 is 41.0 Å². The number of carboxylic acid groups (broad SMARTS) is 1. The average molecular weight is 428 g/mol. The molecular weight excluding hydrogens is 412 g/mol. The molecule has 25 heavy (non-hydrogen) atoms. The van der Waals surface area contributed by atoms with Gasteiger partial charge in [-0.25, -0.2) is 4.79 Å². The molecule has 0 spiro atoms. The molecular formula is C14H16CuN6O2S2. The number of aromatic carboxylic acids is 1. The molecule has 0 fully saturated rings. The third kappa shape index (κ3) is 7.57. The summed E-state index contributed by atoms with van der Waals surface area (Å²) in [5.74, 6) is -1.01. The first kappa shape index (κ1) is 22.9. The van der Waals surface area contributed by atoms with Crippen LogP contribution in [0.3, 0.4) is 0 Å². The van der Waals surface area contributed by atoms with Crippen molar-refractivity contribution in [3.8, 4) is 0 Å². The van der Waals surface area contributed by atoms with Gasteiger partial charge in [0.25, 0.3) is 0 Å². The van der Waals surface area contributed by atoms with Crippen LogP contribution < -0.4 is 10.6 Å². The van der Waals surface area contributed by atoms with E-state index in [1.807, 2.05) is 0 Å². The largest absolute Gasteiger partial charge is 2.00 e. The van der Waals surface area contributed by atoms with Crippen LogP contribution in [-0.4, -0.2) is 46.9 Å². The first-order chi connectivity index (χ1) is 11.4. The number of nitrogens with one attached hydrogen (secondary N) is 2. The Kier molecular flexibility index (Phi) is 10.5. The van der Waals surface area contributed by atoms with E-state index in [-0.39, 0.29) is 33.0 Å². The molecule has 1 aromatic rings. The summed E-state index contributed by atoms with van der Waals surface area (Å²) in [6.07, 6.45) is 0. The van der Waals surface area contributed by atoms with Gasteiger partial charge in [-0.2, -0.15) is 15.3 Å². The standard InChI is InChI=1S/C14H18N6O2S2.Cu/c1-8(17-19-13(23)15-2)11(18-20-14(24)16-3)9-4-6-10(7-5-9)12(21)22;/h4-7H,1-3H3,(H,21,22)(H2,15,19,23)(H2,16,20,24);/q;+2/p-2. The number of carbonyl (C=O) groups is 1. The van der Waals surface area contributed by atoms with E-state index in [2.05, 4.69) is 31.0 Å². The van der Waals surface area contributed by atoms with E-state index in [1.165, 1.54) is 12.1 Å². The Hall–Kier alpha value is -2.07. The number of hydrogen-bond donors (Lipinski definition) is 3. The van der Waals surface area contributed by atoms with E-state index in [0.717, 1.165) is 0 Å². The fraction of sp³-hybridized carbons (Fsp3) is 0.214. The van der Waals surface area contributed by atoms with Crippen LogP contribution in [0.5, 0.6) is 0 Å². The van der Waals surface area contributed by atoms with Gasteiger partial charge in [-0.3, -0.25) is 0 Å². The zero-order valence-corrected chi connectivity index (χ0v) is 16.1. The van der Waals surface area contributed by atoms with Crippen molar-refractivity contribution in [3.05, 3.63) is 35.4 Å². The smallest absolute Gasteiger partial charge is 0.741 e. The second-order valence-corrected chi connectivity index (χ2v) is 5.10. The topological polar surface area (TPSA) is 111 Å². The summed E-state index contributed by atoms with van der Waals surface area (Å²) in [5, 5.41) is 30.5. The quantitative estimate of drug-likeness (QED) is 0.210. The molecule has 0 atom stereocenters. The van der Waals surface area contributed by atoms with Crippen molar-refractivity contribution in [1.82, 2.24) is 10.6 Å². The number of nitrogens with zero attached hydrogens (tertiary/aromatic N) is 4. The van der Waals surface area contributed by atoms with Gasteiger partial charge in [-0.15, -0.1) is 5.10 Å². The molecule has 11 heteroatoms. The van der Waals surface area contributed by atoms with Crippen LogP contribution in [0.2, 0.25) is 0 Å². The van der Waals surface area contributed by atoms with Gasteiger partial charge in [-0.1, -0.05) is 12.1 Å². The Labute approximate surface area is 167 Å². The fourth-order valence-corrected chi connectivity index (χ4v) is 1.55. The Balaban J connectivity index is 0.00000576. The van der Waals surface area contributed by atoms with Crippen LogP contribution in [0.1, 0.15) is 22.8 Å². The van der Waals surface area contributed by atoms with E-state index in [1.54, 1.807) is 33.2 Å². The first-order valence-corrected chi connectivity index (χ1v) is 7.52. The minimum Gasteiger partial charge on any atom is -0.741 e. The van der Waals surface area contributed by atoms with Crippen LogP contribution in [0.4, 0.5) is 0 Å². The Morgan fingerprint density at radius 2 is 1.36 bits per heavy atom. The molecule has 0 saturated carbocycles. The van der Waals surface area contributed by atoms with Gasteiger partial charge in [-0.05, 0) is 29.4 Å². The molecule has 0 heterocycles. The Morgan fingerprint density at radius 1 is 0.920 bits per heavy atom. The maximum absolute atomic E-state index is 10.9. The Bertz CT molecular complexity index is 717. The molecule has 0 bridgehead atoms. The number of amidine groups is 2. The number of hydrogen-bond acceptors (Lipinski definition) is 7. The zero-order chi connectivity index (χ0) is 18.1. The van der Waals surface area contributed by atoms with Crippen molar-refractivity contribution in [2.75, 3.05) is 14.1 Å². The Morgan fingerprint density at radius 3 is 1.80 bits per heavy atom. The molecule has 8 nitrogen and oxygen atoms in total. The SMILES string of the molecule is CNC([S-])=NN=C(C)C(=NN=C([S-])NC)c1ccc(C(=O)O)cc1.[Cu+2]. The molecule has 1 rings (SSSR count). The molecule has 1 radical (unpaired) electrons. The van der Waals surface area contributed by atoms with Crippen molar-refractivity contribution in [1.29, 1.82) is 0 Å². The van der Waals surface area contributed by atoms with Crippen molar-refractivity contribution < 1.29 is 27.0 Å². The van der Waals surface area contributed by atoms with Gasteiger partial charge in [0.1, 0.15) is 5.71 Å². The van der Waals surface area contributed by atoms with E-state index < -0.39 is 5.97 Å². The molecule has 0 aromatic heterocycles. The molecule has 0 amide bonds. The molecule has 1 aromatic carbocycles. The zero-order valence-electron chi connectivity index (χ0n) is 13.6. The van der Waals surface area contributed by atoms with Gasteiger partial charge in [0.05, 0.1) is 11.3 Å². The van der Waals surface area contributed by atoms with Gasteiger partial charge in [0.15, 0.2) is 0 Å². The van der Waals surface area contributed by atoms with Crippen LogP contribution in [0, 0.1) is 0 Å². The number of benzene rings is 1. The summed E-state index contributed by atoms with van der Waals surface area (Å²) < 4.78 is 0. The predicted molar refractivity (Wildman–Crippen MR) is 101 cm³/mol. The molecule has 0 unspecified atom stereocenters. The van der Waals surface area contributed by atoms with Crippen LogP contribution in [-0.2, 0) is 42.3 Å². The molecule has 0 aliphatic heterocycles. The summed E-state index contributed by atoms with van der Waals surface area (Å²) in [7, 11) is 3.27. The number of carboxylic acids is 1. The molecule has 3 N–H and O–H groups in total. The molecule has 0 aliphatic carbocycles. The van der Waals surface area contributed by atoms with E-state index in [9.17, 15) is 4.79 Å². The second kappa shape index (κ2) is 11.5. The summed E-state index contributed by atoms with van der Waals surface area (Å²) >= 11 is 9.84. The minimum atomic E-state index is -1.01. The minimum absolute atomic E-state index is 0. The third-order valence-corrected chi connectivity index (χ3v) is 3.28. The number of rotatable bonds is 5. The van der Waals surface area contributed by atoms with Crippen molar-refractivity contribution in [2.45, 2.75) is 6.92 Å². The first-order valence-electron chi connectivity index (χ1n) is 6.70. The van der Waals surface area contributed by atoms with Gasteiger partial charge in [0.2, 0.25) is 0 Å². The van der Waals surface area contributed by atoms with Gasteiger partial charge >= 0.3 is 23.0 Å². The third-order valence-electron chi connectivity index (χ3n) is 2.71. The molecule has 137 valence electrons. The van der Waals surface area contributed by atoms with Crippen molar-refractivity contribution in [2.24, 2.45) is 20.4 Å². The maximum Gasteiger partial charge on any atom is 2.00 e. The average Bonchev–Trinajstić information content (AvgIpc) is 2.59. The van der Waals surface area contributed by atoms with Crippen LogP contribution in [0.15, 0.2) is 44.7 Å². The molecule has 0 saturated heterocycles. The summed E-state index contributed by atoms with van der Waals surface area (Å²) in [5.41, 5.74) is 1.62. The normalized spacial score (nSPS) is 13.1. The molecule has 0 aliphatic rings. The summed E-state index contributed by atoms with van der Waals surface area (Å²) in [4.78, 5) is 10.9. The second-order valence-electron chi connectivity index (χ2n) is 4.33.